The van der Waals surface area contributed by atoms with E-state index in [1.165, 1.54) is 16.9 Å². The van der Waals surface area contributed by atoms with Crippen molar-refractivity contribution in [3.8, 4) is 11.3 Å². The molecule has 5 aromatic rings. The lowest BCUT2D eigenvalue weighted by molar-refractivity contribution is 0.101. The van der Waals surface area contributed by atoms with E-state index < -0.39 is 0 Å². The number of carbonyl (C=O) groups excluding carboxylic acids is 1. The molecular weight excluding hydrogens is 410 g/mol. The van der Waals surface area contributed by atoms with Gasteiger partial charge in [0.25, 0.3) is 5.91 Å². The minimum Gasteiger partial charge on any atom is -0.335 e. The van der Waals surface area contributed by atoms with Crippen molar-refractivity contribution >= 4 is 43.9 Å². The van der Waals surface area contributed by atoms with Crippen molar-refractivity contribution in [3.63, 3.8) is 0 Å². The molecule has 2 aromatic carbocycles. The second-order valence-corrected chi connectivity index (χ2v) is 8.75. The first kappa shape index (κ1) is 18.8. The van der Waals surface area contributed by atoms with Gasteiger partial charge in [0.05, 0.1) is 15.9 Å². The molecule has 5 rings (SSSR count). The van der Waals surface area contributed by atoms with Gasteiger partial charge in [-0.15, -0.1) is 22.7 Å². The summed E-state index contributed by atoms with van der Waals surface area (Å²) in [7, 11) is 0. The Kier molecular flexibility index (Phi) is 5.17. The first-order chi connectivity index (χ1) is 14.8. The van der Waals surface area contributed by atoms with E-state index in [0.29, 0.717) is 10.8 Å². The minimum absolute atomic E-state index is 0.125. The number of hydrogen-bond acceptors (Lipinski definition) is 4. The lowest BCUT2D eigenvalue weighted by atomic mass is 10.1. The number of aromatic nitrogens is 2. The quantitative estimate of drug-likeness (QED) is 0.343. The Morgan fingerprint density at radius 2 is 1.73 bits per heavy atom. The molecule has 0 saturated carbocycles. The fraction of sp³-hybridized carbons (Fsp3) is 0.0833. The molecule has 0 fully saturated rings. The number of rotatable bonds is 6. The normalized spacial score (nSPS) is 11.1. The van der Waals surface area contributed by atoms with Crippen LogP contribution in [0, 0.1) is 0 Å². The van der Waals surface area contributed by atoms with E-state index in [-0.39, 0.29) is 5.91 Å². The number of benzene rings is 2. The number of nitrogens with one attached hydrogen (secondary N) is 1. The maximum absolute atomic E-state index is 13.1. The van der Waals surface area contributed by atoms with Crippen LogP contribution in [-0.4, -0.2) is 15.5 Å². The van der Waals surface area contributed by atoms with Gasteiger partial charge in [0, 0.05) is 17.5 Å². The van der Waals surface area contributed by atoms with Gasteiger partial charge in [-0.05, 0) is 29.5 Å². The highest BCUT2D eigenvalue weighted by atomic mass is 32.1. The Morgan fingerprint density at radius 1 is 0.967 bits per heavy atom. The number of anilines is 1. The Bertz CT molecular complexity index is 1290. The summed E-state index contributed by atoms with van der Waals surface area (Å²) in [5.41, 5.74) is 4.94. The Hall–Kier alpha value is -3.22. The molecule has 6 heteroatoms. The number of fused-ring (bicyclic) bond motifs is 1. The van der Waals surface area contributed by atoms with Crippen LogP contribution in [0.25, 0.3) is 21.5 Å². The summed E-state index contributed by atoms with van der Waals surface area (Å²) in [5, 5.41) is 7.64. The zero-order chi connectivity index (χ0) is 20.3. The van der Waals surface area contributed by atoms with Gasteiger partial charge in [0.15, 0.2) is 5.13 Å². The third-order valence-corrected chi connectivity index (χ3v) is 6.63. The van der Waals surface area contributed by atoms with Crippen LogP contribution in [0.1, 0.15) is 16.1 Å². The van der Waals surface area contributed by atoms with Crippen molar-refractivity contribution in [1.29, 1.82) is 0 Å². The van der Waals surface area contributed by atoms with Gasteiger partial charge in [-0.3, -0.25) is 10.1 Å². The molecule has 1 N–H and O–H groups in total. The SMILES string of the molecule is O=C(Nc1nc(-c2ccccc2)cs1)c1cc2sccc2n1CCc1ccccc1. The van der Waals surface area contributed by atoms with Gasteiger partial charge in [0.1, 0.15) is 5.69 Å². The van der Waals surface area contributed by atoms with E-state index >= 15 is 0 Å². The van der Waals surface area contributed by atoms with Crippen LogP contribution in [0.3, 0.4) is 0 Å². The maximum Gasteiger partial charge on any atom is 0.274 e. The summed E-state index contributed by atoms with van der Waals surface area (Å²) in [4.78, 5) is 17.7. The van der Waals surface area contributed by atoms with Crippen LogP contribution in [0.4, 0.5) is 5.13 Å². The van der Waals surface area contributed by atoms with E-state index in [1.54, 1.807) is 11.3 Å². The van der Waals surface area contributed by atoms with Crippen LogP contribution in [-0.2, 0) is 13.0 Å². The van der Waals surface area contributed by atoms with E-state index in [0.717, 1.165) is 34.4 Å². The number of hydrogen-bond donors (Lipinski definition) is 1. The zero-order valence-electron chi connectivity index (χ0n) is 16.1. The average molecular weight is 430 g/mol. The topological polar surface area (TPSA) is 46.9 Å². The standard InChI is InChI=1S/C24H19N3OS2/c28-23(26-24-25-19(16-30-24)18-9-5-2-6-10-18)21-15-22-20(12-14-29-22)27(21)13-11-17-7-3-1-4-8-17/h1-10,12,14-16H,11,13H2,(H,25,26,28). The Morgan fingerprint density at radius 3 is 2.53 bits per heavy atom. The predicted octanol–water partition coefficient (Wildman–Crippen LogP) is 6.32. The van der Waals surface area contributed by atoms with Gasteiger partial charge in [-0.1, -0.05) is 60.7 Å². The first-order valence-electron chi connectivity index (χ1n) is 9.71. The van der Waals surface area contributed by atoms with Gasteiger partial charge in [-0.25, -0.2) is 4.98 Å². The molecular formula is C24H19N3OS2. The molecule has 0 atom stereocenters. The molecule has 0 radical (unpaired) electrons. The molecule has 0 saturated heterocycles. The van der Waals surface area contributed by atoms with E-state index in [9.17, 15) is 4.79 Å². The molecule has 0 spiro atoms. The number of thiophene rings is 1. The Labute approximate surface area is 182 Å². The van der Waals surface area contributed by atoms with Crippen LogP contribution in [0.15, 0.2) is 83.6 Å². The summed E-state index contributed by atoms with van der Waals surface area (Å²) in [6.07, 6.45) is 0.871. The molecule has 0 unspecified atom stereocenters. The van der Waals surface area contributed by atoms with E-state index in [2.05, 4.69) is 38.4 Å². The second-order valence-electron chi connectivity index (χ2n) is 6.94. The molecule has 30 heavy (non-hydrogen) atoms. The lowest BCUT2D eigenvalue weighted by Crippen LogP contribution is -2.17. The third kappa shape index (κ3) is 3.79. The molecule has 3 aromatic heterocycles. The maximum atomic E-state index is 13.1. The summed E-state index contributed by atoms with van der Waals surface area (Å²) < 4.78 is 3.23. The summed E-state index contributed by atoms with van der Waals surface area (Å²) >= 11 is 3.10. The van der Waals surface area contributed by atoms with Crippen LogP contribution < -0.4 is 5.32 Å². The highest BCUT2D eigenvalue weighted by molar-refractivity contribution is 7.17. The molecule has 0 aliphatic carbocycles. The van der Waals surface area contributed by atoms with Gasteiger partial charge >= 0.3 is 0 Å². The highest BCUT2D eigenvalue weighted by Crippen LogP contribution is 2.28. The smallest absolute Gasteiger partial charge is 0.274 e. The Balaban J connectivity index is 1.38. The monoisotopic (exact) mass is 429 g/mol. The number of thiazole rings is 1. The fourth-order valence-corrected chi connectivity index (χ4v) is 5.06. The fourth-order valence-electron chi connectivity index (χ4n) is 3.53. The zero-order valence-corrected chi connectivity index (χ0v) is 17.7. The van der Waals surface area contributed by atoms with Crippen molar-refractivity contribution < 1.29 is 4.79 Å². The van der Waals surface area contributed by atoms with Gasteiger partial charge < -0.3 is 4.57 Å². The number of nitrogens with zero attached hydrogens (tertiary/aromatic N) is 2. The minimum atomic E-state index is -0.125. The average Bonchev–Trinajstić information content (AvgIpc) is 3.50. The molecule has 1 amide bonds. The van der Waals surface area contributed by atoms with Crippen molar-refractivity contribution in [2.24, 2.45) is 0 Å². The molecule has 148 valence electrons. The molecule has 3 heterocycles. The second kappa shape index (κ2) is 8.26. The largest absolute Gasteiger partial charge is 0.335 e. The predicted molar refractivity (Wildman–Crippen MR) is 125 cm³/mol. The van der Waals surface area contributed by atoms with Gasteiger partial charge in [0.2, 0.25) is 0 Å². The van der Waals surface area contributed by atoms with Crippen LogP contribution in [0.2, 0.25) is 0 Å². The van der Waals surface area contributed by atoms with Crippen molar-refractivity contribution in [1.82, 2.24) is 9.55 Å². The number of carbonyl (C=O) groups is 1. The van der Waals surface area contributed by atoms with E-state index in [4.69, 9.17) is 0 Å². The molecule has 0 aliphatic heterocycles. The van der Waals surface area contributed by atoms with Crippen molar-refractivity contribution in [2.45, 2.75) is 13.0 Å². The first-order valence-corrected chi connectivity index (χ1v) is 11.5. The molecule has 0 aliphatic rings. The van der Waals surface area contributed by atoms with Gasteiger partial charge in [-0.2, -0.15) is 0 Å². The molecule has 4 nitrogen and oxygen atoms in total. The van der Waals surface area contributed by atoms with Crippen molar-refractivity contribution in [3.05, 3.63) is 94.8 Å². The van der Waals surface area contributed by atoms with Crippen LogP contribution >= 0.6 is 22.7 Å². The van der Waals surface area contributed by atoms with Crippen molar-refractivity contribution in [2.75, 3.05) is 5.32 Å². The third-order valence-electron chi connectivity index (χ3n) is 5.02. The van der Waals surface area contributed by atoms with Crippen LogP contribution in [0.5, 0.6) is 0 Å². The molecule has 0 bridgehead atoms. The summed E-state index contributed by atoms with van der Waals surface area (Å²) in [6, 6.07) is 24.4. The summed E-state index contributed by atoms with van der Waals surface area (Å²) in [5.74, 6) is -0.125. The van der Waals surface area contributed by atoms with E-state index in [1.807, 2.05) is 60.0 Å². The number of amides is 1. The lowest BCUT2D eigenvalue weighted by Gasteiger charge is -2.10. The number of aryl methyl sites for hydroxylation is 2. The highest BCUT2D eigenvalue weighted by Gasteiger charge is 2.18. The summed E-state index contributed by atoms with van der Waals surface area (Å²) in [6.45, 7) is 0.750.